The van der Waals surface area contributed by atoms with Crippen molar-refractivity contribution in [3.05, 3.63) is 42.2 Å². The SMILES string of the molecule is NC(=O)c1ccc(NC(=O)CSc2cc(N3CCCCC3)ncn2)cc1. The first kappa shape index (κ1) is 18.2. The van der Waals surface area contributed by atoms with Crippen molar-refractivity contribution in [3.8, 4) is 0 Å². The summed E-state index contributed by atoms with van der Waals surface area (Å²) in [5, 5.41) is 3.57. The largest absolute Gasteiger partial charge is 0.366 e. The fourth-order valence-corrected chi connectivity index (χ4v) is 3.42. The summed E-state index contributed by atoms with van der Waals surface area (Å²) in [4.78, 5) is 34.0. The highest BCUT2D eigenvalue weighted by atomic mass is 32.2. The van der Waals surface area contributed by atoms with E-state index in [1.807, 2.05) is 6.07 Å². The Bertz CT molecular complexity index is 775. The third-order valence-corrected chi connectivity index (χ3v) is 5.04. The summed E-state index contributed by atoms with van der Waals surface area (Å²) in [6, 6.07) is 8.41. The van der Waals surface area contributed by atoms with Crippen LogP contribution in [0.3, 0.4) is 0 Å². The number of rotatable bonds is 6. The third-order valence-electron chi connectivity index (χ3n) is 4.11. The van der Waals surface area contributed by atoms with Crippen molar-refractivity contribution in [1.82, 2.24) is 9.97 Å². The highest BCUT2D eigenvalue weighted by Gasteiger charge is 2.13. The molecule has 7 nitrogen and oxygen atoms in total. The molecule has 1 aromatic carbocycles. The fourth-order valence-electron chi connectivity index (χ4n) is 2.76. The van der Waals surface area contributed by atoms with E-state index in [1.165, 1.54) is 31.0 Å². The summed E-state index contributed by atoms with van der Waals surface area (Å²) in [6.07, 6.45) is 5.18. The Hall–Kier alpha value is -2.61. The Morgan fingerprint density at radius 1 is 1.12 bits per heavy atom. The standard InChI is InChI=1S/C18H21N5O2S/c19-18(25)13-4-6-14(7-5-13)22-16(24)11-26-17-10-15(20-12-21-17)23-8-2-1-3-9-23/h4-7,10,12H,1-3,8-9,11H2,(H2,19,25)(H,22,24). The summed E-state index contributed by atoms with van der Waals surface area (Å²) < 4.78 is 0. The smallest absolute Gasteiger partial charge is 0.248 e. The molecule has 0 saturated carbocycles. The van der Waals surface area contributed by atoms with E-state index in [2.05, 4.69) is 20.2 Å². The van der Waals surface area contributed by atoms with Gasteiger partial charge in [-0.25, -0.2) is 9.97 Å². The number of primary amides is 1. The maximum Gasteiger partial charge on any atom is 0.248 e. The molecule has 0 radical (unpaired) electrons. The number of nitrogens with one attached hydrogen (secondary N) is 1. The number of benzene rings is 1. The summed E-state index contributed by atoms with van der Waals surface area (Å²) in [5.41, 5.74) is 6.23. The maximum atomic E-state index is 12.1. The first-order chi connectivity index (χ1) is 12.6. The van der Waals surface area contributed by atoms with Crippen LogP contribution in [-0.2, 0) is 4.79 Å². The van der Waals surface area contributed by atoms with Crippen LogP contribution in [0.1, 0.15) is 29.6 Å². The zero-order chi connectivity index (χ0) is 18.4. The number of thioether (sulfide) groups is 1. The van der Waals surface area contributed by atoms with Crippen LogP contribution in [-0.4, -0.2) is 40.6 Å². The van der Waals surface area contributed by atoms with E-state index >= 15 is 0 Å². The average Bonchev–Trinajstić information content (AvgIpc) is 2.68. The number of hydrogen-bond donors (Lipinski definition) is 2. The van der Waals surface area contributed by atoms with Crippen LogP contribution in [0.15, 0.2) is 41.7 Å². The van der Waals surface area contributed by atoms with Crippen LogP contribution in [0.5, 0.6) is 0 Å². The van der Waals surface area contributed by atoms with Crippen molar-refractivity contribution in [1.29, 1.82) is 0 Å². The number of aromatic nitrogens is 2. The third kappa shape index (κ3) is 4.95. The molecule has 2 amide bonds. The molecule has 3 N–H and O–H groups in total. The molecule has 0 aliphatic carbocycles. The lowest BCUT2D eigenvalue weighted by molar-refractivity contribution is -0.113. The van der Waals surface area contributed by atoms with Gasteiger partial charge in [0.25, 0.3) is 0 Å². The number of hydrogen-bond acceptors (Lipinski definition) is 6. The zero-order valence-corrected chi connectivity index (χ0v) is 15.2. The van der Waals surface area contributed by atoms with Crippen LogP contribution in [0, 0.1) is 0 Å². The van der Waals surface area contributed by atoms with E-state index in [0.717, 1.165) is 23.9 Å². The molecule has 1 aliphatic heterocycles. The van der Waals surface area contributed by atoms with Gasteiger partial charge in [0.05, 0.1) is 5.75 Å². The number of amides is 2. The molecule has 8 heteroatoms. The van der Waals surface area contributed by atoms with Gasteiger partial charge in [0, 0.05) is 30.4 Å². The van der Waals surface area contributed by atoms with Gasteiger partial charge in [-0.2, -0.15) is 0 Å². The van der Waals surface area contributed by atoms with Crippen LogP contribution >= 0.6 is 11.8 Å². The predicted octanol–water partition coefficient (Wildman–Crippen LogP) is 2.30. The molecule has 1 fully saturated rings. The molecule has 1 aliphatic rings. The molecule has 0 spiro atoms. The van der Waals surface area contributed by atoms with Crippen molar-refractivity contribution in [2.24, 2.45) is 5.73 Å². The maximum absolute atomic E-state index is 12.1. The van der Waals surface area contributed by atoms with Crippen molar-refractivity contribution < 1.29 is 9.59 Å². The fraction of sp³-hybridized carbons (Fsp3) is 0.333. The van der Waals surface area contributed by atoms with Crippen molar-refractivity contribution in [2.75, 3.05) is 29.1 Å². The number of anilines is 2. The number of carbonyl (C=O) groups is 2. The molecule has 1 saturated heterocycles. The van der Waals surface area contributed by atoms with E-state index in [0.29, 0.717) is 11.3 Å². The minimum atomic E-state index is -0.494. The second-order valence-corrected chi connectivity index (χ2v) is 7.04. The van der Waals surface area contributed by atoms with Gasteiger partial charge in [-0.1, -0.05) is 11.8 Å². The van der Waals surface area contributed by atoms with E-state index in [4.69, 9.17) is 5.73 Å². The Morgan fingerprint density at radius 2 is 1.85 bits per heavy atom. The molecule has 2 aromatic rings. The molecular weight excluding hydrogens is 350 g/mol. The molecule has 2 heterocycles. The van der Waals surface area contributed by atoms with Gasteiger partial charge >= 0.3 is 0 Å². The molecule has 0 atom stereocenters. The summed E-state index contributed by atoms with van der Waals surface area (Å²) in [6.45, 7) is 2.03. The number of piperidine rings is 1. The van der Waals surface area contributed by atoms with Gasteiger partial charge in [-0.05, 0) is 43.5 Å². The topological polar surface area (TPSA) is 101 Å². The van der Waals surface area contributed by atoms with Gasteiger partial charge < -0.3 is 16.0 Å². The Balaban J connectivity index is 1.53. The van der Waals surface area contributed by atoms with Gasteiger partial charge in [0.1, 0.15) is 17.2 Å². The lowest BCUT2D eigenvalue weighted by Crippen LogP contribution is -2.30. The van der Waals surface area contributed by atoms with Crippen molar-refractivity contribution in [2.45, 2.75) is 24.3 Å². The number of nitrogens with zero attached hydrogens (tertiary/aromatic N) is 3. The molecule has 1 aromatic heterocycles. The average molecular weight is 371 g/mol. The zero-order valence-electron chi connectivity index (χ0n) is 14.4. The molecule has 0 bridgehead atoms. The second kappa shape index (κ2) is 8.66. The monoisotopic (exact) mass is 371 g/mol. The molecular formula is C18H21N5O2S. The summed E-state index contributed by atoms with van der Waals surface area (Å²) >= 11 is 1.37. The number of carbonyl (C=O) groups excluding carboxylic acids is 2. The second-order valence-electron chi connectivity index (χ2n) is 6.04. The number of nitrogens with two attached hydrogens (primary N) is 1. The Kier molecular flexibility index (Phi) is 6.06. The molecule has 3 rings (SSSR count). The molecule has 0 unspecified atom stereocenters. The van der Waals surface area contributed by atoms with E-state index in [9.17, 15) is 9.59 Å². The van der Waals surface area contributed by atoms with Gasteiger partial charge in [0.2, 0.25) is 11.8 Å². The summed E-state index contributed by atoms with van der Waals surface area (Å²) in [7, 11) is 0. The highest BCUT2D eigenvalue weighted by molar-refractivity contribution is 7.99. The van der Waals surface area contributed by atoms with Crippen LogP contribution in [0.4, 0.5) is 11.5 Å². The lowest BCUT2D eigenvalue weighted by atomic mass is 10.1. The normalized spacial score (nSPS) is 14.1. The first-order valence-corrected chi connectivity index (χ1v) is 9.50. The van der Waals surface area contributed by atoms with Crippen molar-refractivity contribution >= 4 is 35.1 Å². The predicted molar refractivity (Wildman–Crippen MR) is 102 cm³/mol. The molecule has 26 heavy (non-hydrogen) atoms. The minimum absolute atomic E-state index is 0.139. The van der Waals surface area contributed by atoms with Crippen molar-refractivity contribution in [3.63, 3.8) is 0 Å². The first-order valence-electron chi connectivity index (χ1n) is 8.51. The molecule has 136 valence electrons. The summed E-state index contributed by atoms with van der Waals surface area (Å²) in [5.74, 6) is 0.532. The minimum Gasteiger partial charge on any atom is -0.366 e. The van der Waals surface area contributed by atoms with Gasteiger partial charge in [-0.15, -0.1) is 0 Å². The van der Waals surface area contributed by atoms with E-state index < -0.39 is 5.91 Å². The van der Waals surface area contributed by atoms with E-state index in [1.54, 1.807) is 30.6 Å². The Labute approximate surface area is 156 Å². The quantitative estimate of drug-likeness (QED) is 0.597. The lowest BCUT2D eigenvalue weighted by Gasteiger charge is -2.27. The van der Waals surface area contributed by atoms with Gasteiger partial charge in [0.15, 0.2) is 0 Å². The van der Waals surface area contributed by atoms with Crippen LogP contribution in [0.2, 0.25) is 0 Å². The van der Waals surface area contributed by atoms with Gasteiger partial charge in [-0.3, -0.25) is 9.59 Å². The highest BCUT2D eigenvalue weighted by Crippen LogP contribution is 2.22. The van der Waals surface area contributed by atoms with E-state index in [-0.39, 0.29) is 11.7 Å². The van der Waals surface area contributed by atoms with Crippen LogP contribution in [0.25, 0.3) is 0 Å². The van der Waals surface area contributed by atoms with Crippen LogP contribution < -0.4 is 16.0 Å². The Morgan fingerprint density at radius 3 is 2.54 bits per heavy atom.